The number of carbonyl (C=O) groups excluding carboxylic acids is 1. The van der Waals surface area contributed by atoms with Gasteiger partial charge in [-0.2, -0.15) is 0 Å². The van der Waals surface area contributed by atoms with Crippen LogP contribution in [0.4, 0.5) is 0 Å². The molecule has 1 heterocycles. The van der Waals surface area contributed by atoms with Gasteiger partial charge in [0, 0.05) is 23.6 Å². The van der Waals surface area contributed by atoms with Gasteiger partial charge in [0.05, 0.1) is 23.8 Å². The smallest absolute Gasteiger partial charge is 0.340 e. The predicted octanol–water partition coefficient (Wildman–Crippen LogP) is 3.61. The number of carbonyl (C=O) groups is 1. The molecule has 2 N–H and O–H groups in total. The lowest BCUT2D eigenvalue weighted by Gasteiger charge is -2.07. The summed E-state index contributed by atoms with van der Waals surface area (Å²) < 4.78 is 11.3. The lowest BCUT2D eigenvalue weighted by atomic mass is 10.1. The Kier molecular flexibility index (Phi) is 5.89. The van der Waals surface area contributed by atoms with Crippen molar-refractivity contribution >= 4 is 32.8 Å². The summed E-state index contributed by atoms with van der Waals surface area (Å²) in [6.07, 6.45) is 5.05. The molecule has 0 aliphatic heterocycles. The maximum Gasteiger partial charge on any atom is 0.340 e. The van der Waals surface area contributed by atoms with Crippen LogP contribution in [0.15, 0.2) is 35.6 Å². The van der Waals surface area contributed by atoms with Crippen LogP contribution in [0.1, 0.15) is 23.2 Å². The van der Waals surface area contributed by atoms with Gasteiger partial charge < -0.3 is 19.8 Å². The summed E-state index contributed by atoms with van der Waals surface area (Å²) in [6.45, 7) is 4.80. The molecule has 0 spiro atoms. The van der Waals surface area contributed by atoms with Crippen LogP contribution in [-0.2, 0) is 4.74 Å². The Bertz CT molecular complexity index is 667. The molecule has 0 bridgehead atoms. The Morgan fingerprint density at radius 1 is 1.45 bits per heavy atom. The highest BCUT2D eigenvalue weighted by atomic mass is 79.9. The zero-order valence-corrected chi connectivity index (χ0v) is 14.0. The Hall–Kier alpha value is -1.95. The molecule has 0 fully saturated rings. The lowest BCUT2D eigenvalue weighted by Crippen LogP contribution is -2.10. The maximum absolute atomic E-state index is 12.2. The first-order valence-corrected chi connectivity index (χ1v) is 7.83. The molecule has 0 saturated heterocycles. The number of hydrogen-bond acceptors (Lipinski definition) is 4. The van der Waals surface area contributed by atoms with Gasteiger partial charge >= 0.3 is 5.97 Å². The van der Waals surface area contributed by atoms with Gasteiger partial charge in [0.25, 0.3) is 0 Å². The van der Waals surface area contributed by atoms with Crippen molar-refractivity contribution in [3.63, 3.8) is 0 Å². The molecular weight excluding hydrogens is 348 g/mol. The number of ether oxygens (including phenoxy) is 2. The monoisotopic (exact) mass is 366 g/mol. The van der Waals surface area contributed by atoms with E-state index >= 15 is 0 Å². The third kappa shape index (κ3) is 3.62. The van der Waals surface area contributed by atoms with Gasteiger partial charge in [-0.15, -0.1) is 0 Å². The highest BCUT2D eigenvalue weighted by Gasteiger charge is 2.17. The number of fused-ring (bicyclic) bond motifs is 1. The van der Waals surface area contributed by atoms with E-state index in [-0.39, 0.29) is 5.97 Å². The molecule has 22 heavy (non-hydrogen) atoms. The van der Waals surface area contributed by atoms with Crippen molar-refractivity contribution in [1.82, 2.24) is 10.3 Å². The molecule has 1 aromatic carbocycles. The number of nitrogens with one attached hydrogen (secondary N) is 2. The van der Waals surface area contributed by atoms with E-state index in [9.17, 15) is 4.79 Å². The van der Waals surface area contributed by atoms with Crippen LogP contribution in [0.2, 0.25) is 0 Å². The zero-order chi connectivity index (χ0) is 15.9. The topological polar surface area (TPSA) is 63.3 Å². The number of aromatic amines is 1. The second-order valence-electron chi connectivity index (χ2n) is 4.71. The van der Waals surface area contributed by atoms with E-state index in [1.807, 2.05) is 12.1 Å². The second-order valence-corrected chi connectivity index (χ2v) is 5.50. The van der Waals surface area contributed by atoms with Crippen molar-refractivity contribution in [2.24, 2.45) is 0 Å². The summed E-state index contributed by atoms with van der Waals surface area (Å²) >= 11 is 3.48. The normalized spacial score (nSPS) is 10.5. The molecule has 1 aromatic heterocycles. The van der Waals surface area contributed by atoms with Gasteiger partial charge in [0.2, 0.25) is 0 Å². The minimum atomic E-state index is -0.336. The molecule has 6 heteroatoms. The number of unbranched alkanes of at least 4 members (excludes halogenated alkanes) is 1. The van der Waals surface area contributed by atoms with Crippen LogP contribution in [0.5, 0.6) is 5.75 Å². The number of aromatic nitrogens is 1. The van der Waals surface area contributed by atoms with E-state index in [4.69, 9.17) is 9.47 Å². The first-order chi connectivity index (χ1) is 10.7. The first kappa shape index (κ1) is 16.4. The quantitative estimate of drug-likeness (QED) is 0.553. The maximum atomic E-state index is 12.2. The number of esters is 1. The van der Waals surface area contributed by atoms with Crippen molar-refractivity contribution in [2.75, 3.05) is 20.3 Å². The highest BCUT2D eigenvalue weighted by Crippen LogP contribution is 2.35. The molecule has 0 atom stereocenters. The largest absolute Gasteiger partial charge is 0.496 e. The van der Waals surface area contributed by atoms with Crippen LogP contribution in [0.3, 0.4) is 0 Å². The fourth-order valence-corrected chi connectivity index (χ4v) is 2.88. The van der Waals surface area contributed by atoms with Crippen molar-refractivity contribution < 1.29 is 14.3 Å². The fourth-order valence-electron chi connectivity index (χ4n) is 2.16. The van der Waals surface area contributed by atoms with E-state index in [0.717, 1.165) is 34.8 Å². The first-order valence-electron chi connectivity index (χ1n) is 7.04. The van der Waals surface area contributed by atoms with Gasteiger partial charge in [-0.25, -0.2) is 4.79 Å². The Balaban J connectivity index is 2.04. The van der Waals surface area contributed by atoms with E-state index < -0.39 is 0 Å². The van der Waals surface area contributed by atoms with Gasteiger partial charge in [0.15, 0.2) is 0 Å². The third-order valence-corrected chi connectivity index (χ3v) is 4.07. The standard InChI is InChI=1S/C16H19BrN2O3/c1-3-18-8-4-5-9-22-16(20)11-10-19-12-6-7-13(21-2)15(17)14(11)12/h3,6-7,10,18-19H,1,4-5,8-9H2,2H3. The highest BCUT2D eigenvalue weighted by molar-refractivity contribution is 9.10. The second kappa shape index (κ2) is 7.89. The third-order valence-electron chi connectivity index (χ3n) is 3.28. The zero-order valence-electron chi connectivity index (χ0n) is 12.4. The summed E-state index contributed by atoms with van der Waals surface area (Å²) in [4.78, 5) is 15.3. The van der Waals surface area contributed by atoms with Crippen molar-refractivity contribution in [2.45, 2.75) is 12.8 Å². The minimum Gasteiger partial charge on any atom is -0.496 e. The lowest BCUT2D eigenvalue weighted by molar-refractivity contribution is 0.0501. The molecular formula is C16H19BrN2O3. The fraction of sp³-hybridized carbons (Fsp3) is 0.312. The summed E-state index contributed by atoms with van der Waals surface area (Å²) in [5.74, 6) is 0.341. The van der Waals surface area contributed by atoms with E-state index in [0.29, 0.717) is 17.9 Å². The van der Waals surface area contributed by atoms with Crippen LogP contribution in [0, 0.1) is 0 Å². The number of methoxy groups -OCH3 is 1. The van der Waals surface area contributed by atoms with Crippen molar-refractivity contribution in [3.05, 3.63) is 41.1 Å². The summed E-state index contributed by atoms with van der Waals surface area (Å²) in [7, 11) is 1.59. The molecule has 0 aliphatic rings. The van der Waals surface area contributed by atoms with Gasteiger partial charge in [-0.05, 0) is 47.1 Å². The van der Waals surface area contributed by atoms with Crippen LogP contribution in [-0.4, -0.2) is 31.2 Å². The number of benzene rings is 1. The average Bonchev–Trinajstić information content (AvgIpc) is 2.96. The molecule has 0 radical (unpaired) electrons. The predicted molar refractivity (Wildman–Crippen MR) is 90.3 cm³/mol. The Labute approximate surface area is 137 Å². The van der Waals surface area contributed by atoms with Crippen molar-refractivity contribution in [1.29, 1.82) is 0 Å². The molecule has 5 nitrogen and oxygen atoms in total. The van der Waals surface area contributed by atoms with Crippen molar-refractivity contribution in [3.8, 4) is 5.75 Å². The Morgan fingerprint density at radius 2 is 2.27 bits per heavy atom. The molecule has 0 aliphatic carbocycles. The molecule has 2 aromatic rings. The van der Waals surface area contributed by atoms with Crippen LogP contribution < -0.4 is 10.1 Å². The molecule has 0 amide bonds. The van der Waals surface area contributed by atoms with Crippen LogP contribution in [0.25, 0.3) is 10.9 Å². The number of H-pyrrole nitrogens is 1. The van der Waals surface area contributed by atoms with E-state index in [2.05, 4.69) is 32.8 Å². The molecule has 0 saturated carbocycles. The number of rotatable bonds is 8. The number of hydrogen-bond donors (Lipinski definition) is 2. The van der Waals surface area contributed by atoms with E-state index in [1.54, 1.807) is 19.5 Å². The number of halogens is 1. The van der Waals surface area contributed by atoms with E-state index in [1.165, 1.54) is 0 Å². The average molecular weight is 367 g/mol. The summed E-state index contributed by atoms with van der Waals surface area (Å²) in [5.41, 5.74) is 1.36. The molecule has 2 rings (SSSR count). The van der Waals surface area contributed by atoms with Gasteiger partial charge in [0.1, 0.15) is 5.75 Å². The molecule has 0 unspecified atom stereocenters. The van der Waals surface area contributed by atoms with Gasteiger partial charge in [-0.3, -0.25) is 0 Å². The van der Waals surface area contributed by atoms with Crippen LogP contribution >= 0.6 is 15.9 Å². The Morgan fingerprint density at radius 3 is 3.00 bits per heavy atom. The SMILES string of the molecule is C=CNCCCCOC(=O)c1c[nH]c2ccc(OC)c(Br)c12. The minimum absolute atomic E-state index is 0.336. The summed E-state index contributed by atoms with van der Waals surface area (Å²) in [5, 5.41) is 3.78. The van der Waals surface area contributed by atoms with Gasteiger partial charge in [-0.1, -0.05) is 6.58 Å². The molecule has 118 valence electrons. The summed E-state index contributed by atoms with van der Waals surface area (Å²) in [6, 6.07) is 3.71.